The van der Waals surface area contributed by atoms with Gasteiger partial charge in [0.05, 0.1) is 16.0 Å². The normalized spacial score (nSPS) is 23.5. The molecule has 2 fully saturated rings. The Kier molecular flexibility index (Phi) is 6.03. The smallest absolute Gasteiger partial charge is 0.264 e. The van der Waals surface area contributed by atoms with E-state index in [0.717, 1.165) is 0 Å². The molecule has 2 aliphatic rings. The first-order chi connectivity index (χ1) is 16.3. The molecule has 188 valence electrons. The van der Waals surface area contributed by atoms with Gasteiger partial charge in [0.1, 0.15) is 0 Å². The molecule has 1 aromatic heterocycles. The minimum Gasteiger partial charge on any atom is -0.337 e. The van der Waals surface area contributed by atoms with Crippen molar-refractivity contribution in [1.29, 1.82) is 0 Å². The largest absolute Gasteiger partial charge is 0.337 e. The molecule has 2 aromatic rings. The molecule has 2 N–H and O–H groups in total. The fraction of sp³-hybridized carbons (Fsp3) is 0.500. The number of carbonyl (C=O) groups is 3. The summed E-state index contributed by atoms with van der Waals surface area (Å²) in [5.41, 5.74) is 0.556. The minimum absolute atomic E-state index is 0.0119. The van der Waals surface area contributed by atoms with Gasteiger partial charge in [-0.2, -0.15) is 0 Å². The van der Waals surface area contributed by atoms with Crippen LogP contribution in [0.25, 0.3) is 0 Å². The number of imide groups is 1. The highest BCUT2D eigenvalue weighted by atomic mass is 32.2. The van der Waals surface area contributed by atoms with Gasteiger partial charge in [-0.15, -0.1) is 0 Å². The molecule has 0 radical (unpaired) electrons. The number of anilines is 2. The number of fused-ring (bicyclic) bond motifs is 2. The first-order valence-electron chi connectivity index (χ1n) is 11.5. The SMILES string of the molecule is Cc1noc(NS(=O)(=O)c2ccc(NC(=O)CCN3C(=O)C4CCC(C)(C3=O)C4(C)C)cc2)c1C. The van der Waals surface area contributed by atoms with E-state index in [9.17, 15) is 22.8 Å². The van der Waals surface area contributed by atoms with Gasteiger partial charge in [-0.05, 0) is 56.4 Å². The second-order valence-electron chi connectivity index (χ2n) is 10.1. The highest BCUT2D eigenvalue weighted by Crippen LogP contribution is 2.60. The van der Waals surface area contributed by atoms with E-state index in [-0.39, 0.29) is 47.4 Å². The highest BCUT2D eigenvalue weighted by molar-refractivity contribution is 7.92. The van der Waals surface area contributed by atoms with Crippen molar-refractivity contribution in [2.75, 3.05) is 16.6 Å². The molecule has 4 rings (SSSR count). The van der Waals surface area contributed by atoms with E-state index < -0.39 is 20.9 Å². The van der Waals surface area contributed by atoms with Crippen molar-refractivity contribution in [2.45, 2.75) is 58.8 Å². The molecule has 2 unspecified atom stereocenters. The molecule has 11 heteroatoms. The van der Waals surface area contributed by atoms with Crippen molar-refractivity contribution < 1.29 is 27.3 Å². The molecule has 1 saturated carbocycles. The number of nitrogens with zero attached hydrogens (tertiary/aromatic N) is 2. The van der Waals surface area contributed by atoms with Crippen LogP contribution in [0.2, 0.25) is 0 Å². The standard InChI is InChI=1S/C24H30N4O6S/c1-14-15(2)26-34-20(14)27-35(32,33)17-8-6-16(7-9-17)25-19(29)11-13-28-21(30)18-10-12-24(5,22(28)31)23(18,3)4/h6-9,18,27H,10-13H2,1-5H3,(H,25,29). The number of amides is 3. The lowest BCUT2D eigenvalue weighted by Gasteiger charge is -2.47. The first-order valence-corrected chi connectivity index (χ1v) is 13.0. The van der Waals surface area contributed by atoms with E-state index >= 15 is 0 Å². The molecule has 2 heterocycles. The van der Waals surface area contributed by atoms with E-state index in [0.29, 0.717) is 29.8 Å². The third-order valence-corrected chi connectivity index (χ3v) is 9.25. The quantitative estimate of drug-likeness (QED) is 0.554. The third kappa shape index (κ3) is 4.11. The lowest BCUT2D eigenvalue weighted by molar-refractivity contribution is -0.167. The van der Waals surface area contributed by atoms with Crippen molar-refractivity contribution in [2.24, 2.45) is 16.7 Å². The van der Waals surface area contributed by atoms with Crippen LogP contribution in [0.5, 0.6) is 0 Å². The van der Waals surface area contributed by atoms with Crippen LogP contribution in [-0.4, -0.2) is 42.7 Å². The molecular formula is C24H30N4O6S. The molecular weight excluding hydrogens is 472 g/mol. The number of hydrogen-bond donors (Lipinski definition) is 2. The zero-order valence-corrected chi connectivity index (χ0v) is 21.3. The predicted molar refractivity (Wildman–Crippen MR) is 128 cm³/mol. The van der Waals surface area contributed by atoms with Crippen LogP contribution in [0.15, 0.2) is 33.7 Å². The van der Waals surface area contributed by atoms with E-state index in [1.54, 1.807) is 13.8 Å². The zero-order chi connectivity index (χ0) is 25.8. The Morgan fingerprint density at radius 3 is 2.43 bits per heavy atom. The molecule has 1 aliphatic heterocycles. The number of hydrogen-bond acceptors (Lipinski definition) is 7. The van der Waals surface area contributed by atoms with Crippen molar-refractivity contribution >= 4 is 39.3 Å². The lowest BCUT2D eigenvalue weighted by Crippen LogP contribution is -2.59. The van der Waals surface area contributed by atoms with Gasteiger partial charge in [0, 0.05) is 30.1 Å². The fourth-order valence-electron chi connectivity index (χ4n) is 4.96. The molecule has 2 atom stereocenters. The Bertz CT molecular complexity index is 1300. The molecule has 0 spiro atoms. The van der Waals surface area contributed by atoms with Crippen molar-refractivity contribution in [3.8, 4) is 0 Å². The van der Waals surface area contributed by atoms with Crippen LogP contribution in [0.1, 0.15) is 51.3 Å². The summed E-state index contributed by atoms with van der Waals surface area (Å²) in [4.78, 5) is 39.7. The van der Waals surface area contributed by atoms with Crippen LogP contribution in [0.3, 0.4) is 0 Å². The van der Waals surface area contributed by atoms with E-state index in [1.807, 2.05) is 20.8 Å². The Balaban J connectivity index is 1.37. The van der Waals surface area contributed by atoms with Gasteiger partial charge in [-0.25, -0.2) is 13.1 Å². The molecule has 35 heavy (non-hydrogen) atoms. The number of aryl methyl sites for hydroxylation is 1. The van der Waals surface area contributed by atoms with Gasteiger partial charge in [0.25, 0.3) is 10.0 Å². The van der Waals surface area contributed by atoms with Gasteiger partial charge in [0.15, 0.2) is 0 Å². The summed E-state index contributed by atoms with van der Waals surface area (Å²) < 4.78 is 32.6. The number of likely N-dealkylation sites (tertiary alicyclic amines) is 1. The fourth-order valence-corrected chi connectivity index (χ4v) is 6.01. The average molecular weight is 503 g/mol. The Hall–Kier alpha value is -3.21. The summed E-state index contributed by atoms with van der Waals surface area (Å²) in [7, 11) is -3.90. The topological polar surface area (TPSA) is 139 Å². The molecule has 1 aromatic carbocycles. The number of carbonyl (C=O) groups excluding carboxylic acids is 3. The summed E-state index contributed by atoms with van der Waals surface area (Å²) in [6.07, 6.45) is 1.29. The van der Waals surface area contributed by atoms with Gasteiger partial charge in [-0.1, -0.05) is 25.9 Å². The van der Waals surface area contributed by atoms with Gasteiger partial charge in [0.2, 0.25) is 23.6 Å². The second kappa shape index (κ2) is 8.47. The number of aromatic nitrogens is 1. The van der Waals surface area contributed by atoms with E-state index in [2.05, 4.69) is 15.2 Å². The first kappa shape index (κ1) is 24.9. The number of benzene rings is 1. The Labute approximate surface area is 204 Å². The minimum atomic E-state index is -3.90. The molecule has 1 saturated heterocycles. The van der Waals surface area contributed by atoms with Crippen molar-refractivity contribution in [3.63, 3.8) is 0 Å². The second-order valence-corrected chi connectivity index (χ2v) is 11.8. The molecule has 1 aliphatic carbocycles. The van der Waals surface area contributed by atoms with Crippen molar-refractivity contribution in [3.05, 3.63) is 35.5 Å². The summed E-state index contributed by atoms with van der Waals surface area (Å²) >= 11 is 0. The number of piperidine rings is 1. The Morgan fingerprint density at radius 1 is 1.17 bits per heavy atom. The van der Waals surface area contributed by atoms with Crippen LogP contribution < -0.4 is 10.0 Å². The predicted octanol–water partition coefficient (Wildman–Crippen LogP) is 3.23. The number of nitrogens with one attached hydrogen (secondary N) is 2. The van der Waals surface area contributed by atoms with Crippen LogP contribution >= 0.6 is 0 Å². The van der Waals surface area contributed by atoms with E-state index in [1.165, 1.54) is 29.2 Å². The maximum absolute atomic E-state index is 13.1. The number of sulfonamides is 1. The summed E-state index contributed by atoms with van der Waals surface area (Å²) in [5, 5.41) is 6.41. The van der Waals surface area contributed by atoms with Crippen LogP contribution in [0, 0.1) is 30.6 Å². The molecule has 3 amide bonds. The highest BCUT2D eigenvalue weighted by Gasteiger charge is 2.64. The maximum atomic E-state index is 13.1. The summed E-state index contributed by atoms with van der Waals surface area (Å²) in [5.74, 6) is -0.974. The van der Waals surface area contributed by atoms with Crippen LogP contribution in [0.4, 0.5) is 11.6 Å². The van der Waals surface area contributed by atoms with Gasteiger partial charge in [-0.3, -0.25) is 19.3 Å². The maximum Gasteiger partial charge on any atom is 0.264 e. The summed E-state index contributed by atoms with van der Waals surface area (Å²) in [6.45, 7) is 9.26. The number of rotatable bonds is 7. The van der Waals surface area contributed by atoms with Gasteiger partial charge < -0.3 is 9.84 Å². The van der Waals surface area contributed by atoms with E-state index in [4.69, 9.17) is 4.52 Å². The monoisotopic (exact) mass is 502 g/mol. The molecule has 2 bridgehead atoms. The third-order valence-electron chi connectivity index (χ3n) is 7.90. The van der Waals surface area contributed by atoms with Crippen LogP contribution in [-0.2, 0) is 24.4 Å². The Morgan fingerprint density at radius 2 is 1.83 bits per heavy atom. The lowest BCUT2D eigenvalue weighted by atomic mass is 9.62. The van der Waals surface area contributed by atoms with Gasteiger partial charge >= 0.3 is 0 Å². The molecule has 10 nitrogen and oxygen atoms in total. The summed E-state index contributed by atoms with van der Waals surface area (Å²) in [6, 6.07) is 5.64. The zero-order valence-electron chi connectivity index (χ0n) is 20.5. The van der Waals surface area contributed by atoms with Crippen molar-refractivity contribution in [1.82, 2.24) is 10.1 Å². The average Bonchev–Trinajstić information content (AvgIpc) is 3.19.